The lowest BCUT2D eigenvalue weighted by atomic mass is 9.78. The van der Waals surface area contributed by atoms with Crippen molar-refractivity contribution < 1.29 is 0 Å². The molecule has 16 heavy (non-hydrogen) atoms. The van der Waals surface area contributed by atoms with Gasteiger partial charge in [-0.15, -0.1) is 0 Å². The van der Waals surface area contributed by atoms with E-state index in [-0.39, 0.29) is 0 Å². The molecule has 3 rings (SSSR count). The maximum absolute atomic E-state index is 3.67. The summed E-state index contributed by atoms with van der Waals surface area (Å²) in [6.07, 6.45) is 6.75. The number of hydrogen-bond acceptors (Lipinski definition) is 1. The van der Waals surface area contributed by atoms with Gasteiger partial charge in [0.1, 0.15) is 0 Å². The first-order chi connectivity index (χ1) is 7.84. The standard InChI is InChI=1S/C15H21N/c1-11-4-2-5-12-10-13(7-8-14(11)12)15-6-3-9-16-15/h2,4-5,13,15-16H,3,6-10H2,1H3. The van der Waals surface area contributed by atoms with Gasteiger partial charge in [-0.2, -0.15) is 0 Å². The minimum absolute atomic E-state index is 0.800. The van der Waals surface area contributed by atoms with E-state index >= 15 is 0 Å². The summed E-state index contributed by atoms with van der Waals surface area (Å²) in [5.74, 6) is 0.886. The Morgan fingerprint density at radius 1 is 1.25 bits per heavy atom. The normalized spacial score (nSPS) is 29.1. The molecule has 1 heterocycles. The number of benzene rings is 1. The Morgan fingerprint density at radius 3 is 3.00 bits per heavy atom. The van der Waals surface area contributed by atoms with Crippen LogP contribution in [0.4, 0.5) is 0 Å². The van der Waals surface area contributed by atoms with Gasteiger partial charge < -0.3 is 5.32 Å². The molecule has 1 aromatic rings. The van der Waals surface area contributed by atoms with E-state index in [0.717, 1.165) is 12.0 Å². The Bertz CT molecular complexity index is 377. The molecule has 1 N–H and O–H groups in total. The highest BCUT2D eigenvalue weighted by atomic mass is 14.9. The molecule has 0 spiro atoms. The lowest BCUT2D eigenvalue weighted by Gasteiger charge is -2.30. The summed E-state index contributed by atoms with van der Waals surface area (Å²) in [4.78, 5) is 0. The Kier molecular flexibility index (Phi) is 2.72. The largest absolute Gasteiger partial charge is 0.314 e. The Morgan fingerprint density at radius 2 is 2.19 bits per heavy atom. The summed E-state index contributed by atoms with van der Waals surface area (Å²) in [5, 5.41) is 3.67. The molecule has 0 saturated carbocycles. The maximum atomic E-state index is 3.67. The minimum Gasteiger partial charge on any atom is -0.314 e. The van der Waals surface area contributed by atoms with Gasteiger partial charge in [-0.3, -0.25) is 0 Å². The molecule has 1 aromatic carbocycles. The van der Waals surface area contributed by atoms with E-state index in [1.165, 1.54) is 44.2 Å². The SMILES string of the molecule is Cc1cccc2c1CCC(C1CCCN1)C2. The predicted molar refractivity (Wildman–Crippen MR) is 67.7 cm³/mol. The van der Waals surface area contributed by atoms with E-state index in [1.54, 1.807) is 11.1 Å². The van der Waals surface area contributed by atoms with E-state index in [4.69, 9.17) is 0 Å². The maximum Gasteiger partial charge on any atom is 0.00990 e. The minimum atomic E-state index is 0.800. The molecule has 1 heteroatoms. The van der Waals surface area contributed by atoms with Crippen LogP contribution in [0.2, 0.25) is 0 Å². The number of nitrogens with one attached hydrogen (secondary N) is 1. The molecule has 1 saturated heterocycles. The molecule has 1 fully saturated rings. The van der Waals surface area contributed by atoms with E-state index < -0.39 is 0 Å². The van der Waals surface area contributed by atoms with Crippen molar-refractivity contribution in [3.05, 3.63) is 34.9 Å². The molecule has 0 aromatic heterocycles. The monoisotopic (exact) mass is 215 g/mol. The zero-order chi connectivity index (χ0) is 11.0. The van der Waals surface area contributed by atoms with Crippen LogP contribution in [0.3, 0.4) is 0 Å². The quantitative estimate of drug-likeness (QED) is 0.759. The molecule has 2 aliphatic rings. The first kappa shape index (κ1) is 10.3. The van der Waals surface area contributed by atoms with Crippen LogP contribution in [-0.2, 0) is 12.8 Å². The lowest BCUT2D eigenvalue weighted by Crippen LogP contribution is -2.34. The Balaban J connectivity index is 1.80. The van der Waals surface area contributed by atoms with E-state index in [2.05, 4.69) is 30.4 Å². The lowest BCUT2D eigenvalue weighted by molar-refractivity contribution is 0.349. The topological polar surface area (TPSA) is 12.0 Å². The molecule has 86 valence electrons. The van der Waals surface area contributed by atoms with Crippen LogP contribution >= 0.6 is 0 Å². The van der Waals surface area contributed by atoms with Crippen LogP contribution in [0, 0.1) is 12.8 Å². The zero-order valence-corrected chi connectivity index (χ0v) is 10.1. The third-order valence-electron chi connectivity index (χ3n) is 4.42. The highest BCUT2D eigenvalue weighted by Gasteiger charge is 2.28. The predicted octanol–water partition coefficient (Wildman–Crippen LogP) is 2.85. The summed E-state index contributed by atoms with van der Waals surface area (Å²) in [7, 11) is 0. The van der Waals surface area contributed by atoms with Crippen LogP contribution in [0.5, 0.6) is 0 Å². The van der Waals surface area contributed by atoms with Crippen molar-refractivity contribution in [2.24, 2.45) is 5.92 Å². The van der Waals surface area contributed by atoms with Crippen molar-refractivity contribution in [3.8, 4) is 0 Å². The number of aryl methyl sites for hydroxylation is 1. The molecular weight excluding hydrogens is 194 g/mol. The molecule has 0 radical (unpaired) electrons. The molecule has 1 aliphatic heterocycles. The van der Waals surface area contributed by atoms with Gasteiger partial charge in [0.05, 0.1) is 0 Å². The summed E-state index contributed by atoms with van der Waals surface area (Å²) >= 11 is 0. The van der Waals surface area contributed by atoms with E-state index in [1.807, 2.05) is 0 Å². The van der Waals surface area contributed by atoms with Gasteiger partial charge in [-0.1, -0.05) is 18.2 Å². The van der Waals surface area contributed by atoms with Crippen molar-refractivity contribution >= 4 is 0 Å². The first-order valence-electron chi connectivity index (χ1n) is 6.65. The Labute approximate surface area is 98.3 Å². The molecule has 0 bridgehead atoms. The average Bonchev–Trinajstić information content (AvgIpc) is 2.82. The second-order valence-electron chi connectivity index (χ2n) is 5.42. The molecule has 1 aliphatic carbocycles. The molecule has 2 unspecified atom stereocenters. The second-order valence-corrected chi connectivity index (χ2v) is 5.42. The fraction of sp³-hybridized carbons (Fsp3) is 0.600. The molecule has 2 atom stereocenters. The fourth-order valence-electron chi connectivity index (χ4n) is 3.48. The van der Waals surface area contributed by atoms with Crippen LogP contribution in [0.1, 0.15) is 36.0 Å². The third-order valence-corrected chi connectivity index (χ3v) is 4.42. The van der Waals surface area contributed by atoms with Crippen molar-refractivity contribution in [3.63, 3.8) is 0 Å². The molecule has 1 nitrogen and oxygen atoms in total. The fourth-order valence-corrected chi connectivity index (χ4v) is 3.48. The van der Waals surface area contributed by atoms with Gasteiger partial charge in [0.15, 0.2) is 0 Å². The highest BCUT2D eigenvalue weighted by molar-refractivity contribution is 5.36. The van der Waals surface area contributed by atoms with Crippen molar-refractivity contribution in [1.82, 2.24) is 5.32 Å². The highest BCUT2D eigenvalue weighted by Crippen LogP contribution is 2.31. The van der Waals surface area contributed by atoms with Gasteiger partial charge in [0.2, 0.25) is 0 Å². The number of hydrogen-bond donors (Lipinski definition) is 1. The molecule has 0 amide bonds. The third kappa shape index (κ3) is 1.78. The van der Waals surface area contributed by atoms with Gasteiger partial charge in [0.25, 0.3) is 0 Å². The summed E-state index contributed by atoms with van der Waals surface area (Å²) < 4.78 is 0. The smallest absolute Gasteiger partial charge is 0.00990 e. The van der Waals surface area contributed by atoms with E-state index in [0.29, 0.717) is 0 Å². The van der Waals surface area contributed by atoms with Gasteiger partial charge in [0, 0.05) is 6.04 Å². The van der Waals surface area contributed by atoms with Gasteiger partial charge >= 0.3 is 0 Å². The summed E-state index contributed by atoms with van der Waals surface area (Å²) in [6, 6.07) is 7.61. The van der Waals surface area contributed by atoms with Crippen LogP contribution < -0.4 is 5.32 Å². The van der Waals surface area contributed by atoms with E-state index in [9.17, 15) is 0 Å². The zero-order valence-electron chi connectivity index (χ0n) is 10.1. The summed E-state index contributed by atoms with van der Waals surface area (Å²) in [6.45, 7) is 3.49. The van der Waals surface area contributed by atoms with Crippen LogP contribution in [0.25, 0.3) is 0 Å². The Hall–Kier alpha value is -0.820. The van der Waals surface area contributed by atoms with Gasteiger partial charge in [-0.05, 0) is 68.2 Å². The van der Waals surface area contributed by atoms with Crippen LogP contribution in [0.15, 0.2) is 18.2 Å². The van der Waals surface area contributed by atoms with Gasteiger partial charge in [-0.25, -0.2) is 0 Å². The number of fused-ring (bicyclic) bond motifs is 1. The average molecular weight is 215 g/mol. The van der Waals surface area contributed by atoms with Crippen molar-refractivity contribution in [2.45, 2.75) is 45.1 Å². The number of rotatable bonds is 1. The molecular formula is C15H21N. The van der Waals surface area contributed by atoms with Crippen molar-refractivity contribution in [2.75, 3.05) is 6.54 Å². The van der Waals surface area contributed by atoms with Crippen molar-refractivity contribution in [1.29, 1.82) is 0 Å². The summed E-state index contributed by atoms with van der Waals surface area (Å²) in [5.41, 5.74) is 4.75. The second kappa shape index (κ2) is 4.21. The first-order valence-corrected chi connectivity index (χ1v) is 6.65. The van der Waals surface area contributed by atoms with Crippen LogP contribution in [-0.4, -0.2) is 12.6 Å².